The van der Waals surface area contributed by atoms with Crippen molar-refractivity contribution in [1.82, 2.24) is 4.90 Å². The molecule has 3 aromatic rings. The number of rotatable bonds is 9. The van der Waals surface area contributed by atoms with E-state index < -0.39 is 0 Å². The van der Waals surface area contributed by atoms with Gasteiger partial charge in [-0.2, -0.15) is 0 Å². The molecular formula is C25H28N2O4S. The van der Waals surface area contributed by atoms with Crippen molar-refractivity contribution >= 4 is 23.0 Å². The number of methoxy groups -OCH3 is 4. The molecule has 0 aromatic heterocycles. The molecule has 0 atom stereocenters. The number of hydrogen-bond acceptors (Lipinski definition) is 5. The summed E-state index contributed by atoms with van der Waals surface area (Å²) in [7, 11) is 6.50. The van der Waals surface area contributed by atoms with Gasteiger partial charge < -0.3 is 29.2 Å². The van der Waals surface area contributed by atoms with Gasteiger partial charge in [-0.3, -0.25) is 0 Å². The standard InChI is InChI=1S/C25H28N2O4S/c1-28-21-12-8-11-20(14-21)26-25(32)27(16-18-9-6-5-7-10-18)17-19-13-23(30-3)24(31-4)15-22(19)29-2/h5-15H,16-17H2,1-4H3,(H,26,32). The molecule has 7 heteroatoms. The monoisotopic (exact) mass is 452 g/mol. The summed E-state index contributed by atoms with van der Waals surface area (Å²) >= 11 is 5.80. The lowest BCUT2D eigenvalue weighted by atomic mass is 10.1. The van der Waals surface area contributed by atoms with E-state index in [0.717, 1.165) is 22.6 Å². The highest BCUT2D eigenvalue weighted by atomic mass is 32.1. The predicted octanol–water partition coefficient (Wildman–Crippen LogP) is 5.12. The summed E-state index contributed by atoms with van der Waals surface area (Å²) in [6.07, 6.45) is 0. The van der Waals surface area contributed by atoms with Crippen molar-refractivity contribution in [3.05, 3.63) is 77.9 Å². The first-order valence-electron chi connectivity index (χ1n) is 10.1. The topological polar surface area (TPSA) is 52.2 Å². The molecule has 0 bridgehead atoms. The average Bonchev–Trinajstić information content (AvgIpc) is 2.83. The van der Waals surface area contributed by atoms with E-state index in [4.69, 9.17) is 31.2 Å². The van der Waals surface area contributed by atoms with Gasteiger partial charge in [0.2, 0.25) is 0 Å². The van der Waals surface area contributed by atoms with Crippen LogP contribution in [0.1, 0.15) is 11.1 Å². The van der Waals surface area contributed by atoms with Crippen LogP contribution in [-0.2, 0) is 13.1 Å². The Morgan fingerprint density at radius 1 is 0.750 bits per heavy atom. The molecule has 0 heterocycles. The molecule has 0 spiro atoms. The van der Waals surface area contributed by atoms with Crippen LogP contribution in [0.5, 0.6) is 23.0 Å². The summed E-state index contributed by atoms with van der Waals surface area (Å²) in [5.74, 6) is 2.70. The van der Waals surface area contributed by atoms with E-state index in [-0.39, 0.29) is 0 Å². The second kappa shape index (κ2) is 11.2. The average molecular weight is 453 g/mol. The minimum absolute atomic E-state index is 0.508. The minimum atomic E-state index is 0.508. The molecule has 3 aromatic carbocycles. The van der Waals surface area contributed by atoms with Gasteiger partial charge in [0.15, 0.2) is 16.6 Å². The maximum Gasteiger partial charge on any atom is 0.174 e. The molecule has 6 nitrogen and oxygen atoms in total. The molecule has 3 rings (SSSR count). The van der Waals surface area contributed by atoms with Crippen LogP contribution in [0, 0.1) is 0 Å². The van der Waals surface area contributed by atoms with Crippen molar-refractivity contribution in [3.8, 4) is 23.0 Å². The summed E-state index contributed by atoms with van der Waals surface area (Å²) < 4.78 is 21.9. The fraction of sp³-hybridized carbons (Fsp3) is 0.240. The van der Waals surface area contributed by atoms with Crippen molar-refractivity contribution in [1.29, 1.82) is 0 Å². The van der Waals surface area contributed by atoms with Crippen LogP contribution in [0.3, 0.4) is 0 Å². The summed E-state index contributed by atoms with van der Waals surface area (Å²) in [4.78, 5) is 2.08. The van der Waals surface area contributed by atoms with Crippen molar-refractivity contribution in [2.45, 2.75) is 13.1 Å². The first-order valence-corrected chi connectivity index (χ1v) is 10.5. The van der Waals surface area contributed by atoms with Gasteiger partial charge >= 0.3 is 0 Å². The lowest BCUT2D eigenvalue weighted by molar-refractivity contribution is 0.342. The van der Waals surface area contributed by atoms with Crippen molar-refractivity contribution in [2.24, 2.45) is 0 Å². The second-order valence-electron chi connectivity index (χ2n) is 7.02. The van der Waals surface area contributed by atoms with Crippen LogP contribution >= 0.6 is 12.2 Å². The van der Waals surface area contributed by atoms with Gasteiger partial charge in [0.25, 0.3) is 0 Å². The highest BCUT2D eigenvalue weighted by Gasteiger charge is 2.18. The van der Waals surface area contributed by atoms with Crippen LogP contribution < -0.4 is 24.3 Å². The number of nitrogens with zero attached hydrogens (tertiary/aromatic N) is 1. The van der Waals surface area contributed by atoms with Crippen LogP contribution in [0.4, 0.5) is 5.69 Å². The smallest absolute Gasteiger partial charge is 0.174 e. The van der Waals surface area contributed by atoms with Crippen molar-refractivity contribution in [3.63, 3.8) is 0 Å². The summed E-state index contributed by atoms with van der Waals surface area (Å²) in [6.45, 7) is 1.13. The van der Waals surface area contributed by atoms with Gasteiger partial charge in [-0.1, -0.05) is 36.4 Å². The van der Waals surface area contributed by atoms with E-state index in [1.165, 1.54) is 0 Å². The van der Waals surface area contributed by atoms with E-state index in [1.807, 2.05) is 54.6 Å². The van der Waals surface area contributed by atoms with Crippen LogP contribution in [0.15, 0.2) is 66.7 Å². The Morgan fingerprint density at radius 2 is 1.44 bits per heavy atom. The lowest BCUT2D eigenvalue weighted by Crippen LogP contribution is -2.34. The van der Waals surface area contributed by atoms with Crippen LogP contribution in [-0.4, -0.2) is 38.5 Å². The quantitative estimate of drug-likeness (QED) is 0.452. The third-order valence-corrected chi connectivity index (χ3v) is 5.33. The molecule has 0 amide bonds. The SMILES string of the molecule is COc1cccc(NC(=S)N(Cc2ccccc2)Cc2cc(OC)c(OC)cc2OC)c1. The van der Waals surface area contributed by atoms with Gasteiger partial charge in [-0.05, 0) is 36.0 Å². The third-order valence-electron chi connectivity index (χ3n) is 4.97. The Hall–Kier alpha value is -3.45. The highest BCUT2D eigenvalue weighted by Crippen LogP contribution is 2.35. The van der Waals surface area contributed by atoms with Crippen LogP contribution in [0.2, 0.25) is 0 Å². The molecular weight excluding hydrogens is 424 g/mol. The lowest BCUT2D eigenvalue weighted by Gasteiger charge is -2.27. The van der Waals surface area contributed by atoms with E-state index >= 15 is 0 Å². The molecule has 0 unspecified atom stereocenters. The Balaban J connectivity index is 1.91. The van der Waals surface area contributed by atoms with E-state index in [2.05, 4.69) is 22.3 Å². The zero-order valence-corrected chi connectivity index (χ0v) is 19.6. The number of anilines is 1. The fourth-order valence-corrected chi connectivity index (χ4v) is 3.58. The molecule has 0 radical (unpaired) electrons. The fourth-order valence-electron chi connectivity index (χ4n) is 3.33. The van der Waals surface area contributed by atoms with Gasteiger partial charge in [0, 0.05) is 36.5 Å². The number of nitrogens with one attached hydrogen (secondary N) is 1. The summed E-state index contributed by atoms with van der Waals surface area (Å²) in [5.41, 5.74) is 2.92. The van der Waals surface area contributed by atoms with Crippen molar-refractivity contribution in [2.75, 3.05) is 33.8 Å². The molecule has 0 aliphatic heterocycles. The first-order chi connectivity index (χ1) is 15.6. The number of thiocarbonyl (C=S) groups is 1. The van der Waals surface area contributed by atoms with Gasteiger partial charge in [-0.25, -0.2) is 0 Å². The Kier molecular flexibility index (Phi) is 8.16. The van der Waals surface area contributed by atoms with Gasteiger partial charge in [0.05, 0.1) is 28.4 Å². The molecule has 32 heavy (non-hydrogen) atoms. The third kappa shape index (κ3) is 5.82. The zero-order valence-electron chi connectivity index (χ0n) is 18.8. The molecule has 0 aliphatic carbocycles. The van der Waals surface area contributed by atoms with E-state index in [9.17, 15) is 0 Å². The molecule has 0 aliphatic rings. The Bertz CT molecular complexity index is 1040. The number of ether oxygens (including phenoxy) is 4. The maximum atomic E-state index is 5.80. The maximum absolute atomic E-state index is 5.80. The largest absolute Gasteiger partial charge is 0.497 e. The summed E-state index contributed by atoms with van der Waals surface area (Å²) in [5, 5.41) is 3.91. The normalized spacial score (nSPS) is 10.2. The molecule has 0 saturated heterocycles. The minimum Gasteiger partial charge on any atom is -0.497 e. The molecule has 168 valence electrons. The van der Waals surface area contributed by atoms with Gasteiger partial charge in [0.1, 0.15) is 11.5 Å². The predicted molar refractivity (Wildman–Crippen MR) is 131 cm³/mol. The first kappa shape index (κ1) is 23.2. The van der Waals surface area contributed by atoms with E-state index in [0.29, 0.717) is 35.5 Å². The molecule has 0 saturated carbocycles. The van der Waals surface area contributed by atoms with E-state index in [1.54, 1.807) is 28.4 Å². The Labute approximate surface area is 194 Å². The van der Waals surface area contributed by atoms with Crippen molar-refractivity contribution < 1.29 is 18.9 Å². The zero-order chi connectivity index (χ0) is 22.9. The molecule has 0 fully saturated rings. The number of hydrogen-bond donors (Lipinski definition) is 1. The second-order valence-corrected chi connectivity index (χ2v) is 7.41. The highest BCUT2D eigenvalue weighted by molar-refractivity contribution is 7.80. The number of benzene rings is 3. The molecule has 1 N–H and O–H groups in total. The Morgan fingerprint density at radius 3 is 2.09 bits per heavy atom. The summed E-state index contributed by atoms with van der Waals surface area (Å²) in [6, 6.07) is 21.6. The van der Waals surface area contributed by atoms with Gasteiger partial charge in [-0.15, -0.1) is 0 Å². The van der Waals surface area contributed by atoms with Crippen LogP contribution in [0.25, 0.3) is 0 Å².